The lowest BCUT2D eigenvalue weighted by atomic mass is 10.2. The number of rotatable bonds is 7. The van der Waals surface area contributed by atoms with E-state index in [2.05, 4.69) is 14.8 Å². The second kappa shape index (κ2) is 8.59. The highest BCUT2D eigenvalue weighted by Gasteiger charge is 2.14. The largest absolute Gasteiger partial charge is 0.496 e. The van der Waals surface area contributed by atoms with Gasteiger partial charge in [0.1, 0.15) is 11.4 Å². The first-order chi connectivity index (χ1) is 13.1. The highest BCUT2D eigenvalue weighted by Crippen LogP contribution is 2.28. The molecule has 3 aromatic rings. The lowest BCUT2D eigenvalue weighted by molar-refractivity contribution is 0.0978. The Morgan fingerprint density at radius 2 is 2.07 bits per heavy atom. The number of hydrogen-bond acceptors (Lipinski definition) is 6. The molecule has 140 valence electrons. The summed E-state index contributed by atoms with van der Waals surface area (Å²) in [4.78, 5) is 17.6. The molecule has 0 saturated heterocycles. The number of methoxy groups -OCH3 is 2. The van der Waals surface area contributed by atoms with E-state index < -0.39 is 0 Å². The summed E-state index contributed by atoms with van der Waals surface area (Å²) in [5.74, 6) is 0.787. The van der Waals surface area contributed by atoms with E-state index in [1.807, 2.05) is 43.5 Å². The second-order valence-electron chi connectivity index (χ2n) is 5.76. The van der Waals surface area contributed by atoms with Gasteiger partial charge in [-0.1, -0.05) is 6.07 Å². The number of aromatic nitrogens is 3. The van der Waals surface area contributed by atoms with Crippen molar-refractivity contribution in [3.63, 3.8) is 0 Å². The summed E-state index contributed by atoms with van der Waals surface area (Å²) in [7, 11) is 3.13. The van der Waals surface area contributed by atoms with Crippen LogP contribution in [0.3, 0.4) is 0 Å². The first-order valence-electron chi connectivity index (χ1n) is 8.24. The van der Waals surface area contributed by atoms with Gasteiger partial charge in [0.05, 0.1) is 25.7 Å². The number of carbonyl (C=O) groups excluding carboxylic acids is 1. The van der Waals surface area contributed by atoms with Crippen molar-refractivity contribution in [1.82, 2.24) is 19.5 Å². The fraction of sp³-hybridized carbons (Fsp3) is 0.211. The van der Waals surface area contributed by atoms with Gasteiger partial charge >= 0.3 is 0 Å². The number of nitrogens with zero attached hydrogens (tertiary/aromatic N) is 3. The van der Waals surface area contributed by atoms with E-state index in [1.54, 1.807) is 24.1 Å². The summed E-state index contributed by atoms with van der Waals surface area (Å²) in [5, 5.41) is 4.17. The average Bonchev–Trinajstić information content (AvgIpc) is 3.19. The summed E-state index contributed by atoms with van der Waals surface area (Å²) >= 11 is 1.19. The Kier molecular flexibility index (Phi) is 5.97. The molecule has 8 heteroatoms. The second-order valence-corrected chi connectivity index (χ2v) is 6.60. The van der Waals surface area contributed by atoms with Crippen molar-refractivity contribution < 1.29 is 14.3 Å². The summed E-state index contributed by atoms with van der Waals surface area (Å²) in [6.07, 6.45) is 3.56. The number of aryl methyl sites for hydroxylation is 1. The van der Waals surface area contributed by atoms with Gasteiger partial charge in [0, 0.05) is 18.0 Å². The monoisotopic (exact) mass is 384 g/mol. The van der Waals surface area contributed by atoms with Crippen LogP contribution >= 0.6 is 11.9 Å². The fourth-order valence-electron chi connectivity index (χ4n) is 2.48. The Labute approximate surface area is 161 Å². The molecule has 1 aromatic carbocycles. The summed E-state index contributed by atoms with van der Waals surface area (Å²) in [5.41, 5.74) is 2.19. The highest BCUT2D eigenvalue weighted by molar-refractivity contribution is 7.98. The van der Waals surface area contributed by atoms with Crippen molar-refractivity contribution in [3.8, 4) is 11.6 Å². The maximum atomic E-state index is 12.5. The first-order valence-corrected chi connectivity index (χ1v) is 9.05. The van der Waals surface area contributed by atoms with E-state index in [9.17, 15) is 4.79 Å². The normalized spacial score (nSPS) is 10.5. The first kappa shape index (κ1) is 18.8. The molecule has 0 aliphatic rings. The summed E-state index contributed by atoms with van der Waals surface area (Å²) < 4.78 is 15.2. The number of ether oxygens (including phenoxy) is 2. The number of carbonyl (C=O) groups is 1. The molecule has 27 heavy (non-hydrogen) atoms. The molecule has 3 rings (SSSR count). The van der Waals surface area contributed by atoms with Gasteiger partial charge in [0.25, 0.3) is 5.91 Å². The zero-order valence-electron chi connectivity index (χ0n) is 15.3. The molecule has 0 atom stereocenters. The van der Waals surface area contributed by atoms with E-state index in [1.165, 1.54) is 19.1 Å². The number of hydrogen-bond donors (Lipinski definition) is 1. The molecule has 2 heterocycles. The molecule has 0 radical (unpaired) electrons. The molecule has 1 amide bonds. The smallest absolute Gasteiger partial charge is 0.280 e. The Bertz CT molecular complexity index is 929. The van der Waals surface area contributed by atoms with Crippen molar-refractivity contribution in [2.24, 2.45) is 0 Å². The number of benzene rings is 1. The van der Waals surface area contributed by atoms with Crippen LogP contribution in [0.4, 0.5) is 0 Å². The zero-order valence-corrected chi connectivity index (χ0v) is 16.1. The van der Waals surface area contributed by atoms with E-state index in [4.69, 9.17) is 9.47 Å². The minimum Gasteiger partial charge on any atom is -0.496 e. The van der Waals surface area contributed by atoms with Gasteiger partial charge in [0.15, 0.2) is 0 Å². The Morgan fingerprint density at radius 3 is 2.78 bits per heavy atom. The maximum Gasteiger partial charge on any atom is 0.280 e. The van der Waals surface area contributed by atoms with Crippen molar-refractivity contribution in [2.45, 2.75) is 18.4 Å². The van der Waals surface area contributed by atoms with Gasteiger partial charge in [-0.25, -0.2) is 4.98 Å². The van der Waals surface area contributed by atoms with Crippen molar-refractivity contribution in [3.05, 3.63) is 65.6 Å². The molecule has 0 bridgehead atoms. The fourth-order valence-corrected chi connectivity index (χ4v) is 3.28. The lowest BCUT2D eigenvalue weighted by Crippen LogP contribution is -2.18. The molecule has 0 fully saturated rings. The zero-order chi connectivity index (χ0) is 19.2. The SMILES string of the molecule is COc1ccc(C)cc1SNC(=O)c1ccc(Cn2cccn2)c(OC)n1. The van der Waals surface area contributed by atoms with E-state index in [-0.39, 0.29) is 11.6 Å². The molecular formula is C19H20N4O3S. The minimum atomic E-state index is -0.313. The number of pyridine rings is 1. The third kappa shape index (κ3) is 4.59. The van der Waals surface area contributed by atoms with E-state index >= 15 is 0 Å². The maximum absolute atomic E-state index is 12.5. The third-order valence-electron chi connectivity index (χ3n) is 3.83. The molecule has 0 saturated carbocycles. The van der Waals surface area contributed by atoms with Gasteiger partial charge in [-0.15, -0.1) is 0 Å². The predicted molar refractivity (Wildman–Crippen MR) is 103 cm³/mol. The van der Waals surface area contributed by atoms with Crippen molar-refractivity contribution in [1.29, 1.82) is 0 Å². The molecule has 1 N–H and O–H groups in total. The topological polar surface area (TPSA) is 78.3 Å². The quantitative estimate of drug-likeness (QED) is 0.631. The molecule has 0 aliphatic heterocycles. The molecule has 7 nitrogen and oxygen atoms in total. The van der Waals surface area contributed by atoms with Crippen LogP contribution in [0.2, 0.25) is 0 Å². The van der Waals surface area contributed by atoms with Gasteiger partial charge in [0.2, 0.25) is 5.88 Å². The molecule has 0 unspecified atom stereocenters. The Hall–Kier alpha value is -3.00. The molecular weight excluding hydrogens is 364 g/mol. The standard InChI is InChI=1S/C19H20N4O3S/c1-13-5-8-16(25-2)17(11-13)27-22-18(24)15-7-6-14(19(21-15)26-3)12-23-10-4-9-20-23/h4-11H,12H2,1-3H3,(H,22,24). The van der Waals surface area contributed by atoms with Crippen LogP contribution < -0.4 is 14.2 Å². The molecule has 0 aliphatic carbocycles. The van der Waals surface area contributed by atoms with Crippen molar-refractivity contribution >= 4 is 17.9 Å². The van der Waals surface area contributed by atoms with Gasteiger partial charge < -0.3 is 9.47 Å². The average molecular weight is 384 g/mol. The molecule has 0 spiro atoms. The van der Waals surface area contributed by atoms with Crippen LogP contribution in [0, 0.1) is 6.92 Å². The van der Waals surface area contributed by atoms with Gasteiger partial charge in [-0.05, 0) is 54.8 Å². The summed E-state index contributed by atoms with van der Waals surface area (Å²) in [6, 6.07) is 11.1. The number of amides is 1. The third-order valence-corrected chi connectivity index (χ3v) is 4.66. The minimum absolute atomic E-state index is 0.273. The lowest BCUT2D eigenvalue weighted by Gasteiger charge is -2.11. The predicted octanol–water partition coefficient (Wildman–Crippen LogP) is 3.09. The van der Waals surface area contributed by atoms with Crippen molar-refractivity contribution in [2.75, 3.05) is 14.2 Å². The highest BCUT2D eigenvalue weighted by atomic mass is 32.2. The van der Waals surface area contributed by atoms with E-state index in [0.29, 0.717) is 18.2 Å². The molecule has 2 aromatic heterocycles. The van der Waals surface area contributed by atoms with Gasteiger partial charge in [-0.3, -0.25) is 14.2 Å². The van der Waals surface area contributed by atoms with E-state index in [0.717, 1.165) is 16.0 Å². The Balaban J connectivity index is 1.72. The van der Waals surface area contributed by atoms with Crippen LogP contribution in [-0.4, -0.2) is 34.9 Å². The summed E-state index contributed by atoms with van der Waals surface area (Å²) in [6.45, 7) is 2.50. The Morgan fingerprint density at radius 1 is 1.22 bits per heavy atom. The van der Waals surface area contributed by atoms with Crippen LogP contribution in [0.1, 0.15) is 21.6 Å². The van der Waals surface area contributed by atoms with Gasteiger partial charge in [-0.2, -0.15) is 5.10 Å². The van der Waals surface area contributed by atoms with Crippen LogP contribution in [0.15, 0.2) is 53.7 Å². The van der Waals surface area contributed by atoms with Crippen LogP contribution in [-0.2, 0) is 6.54 Å². The van der Waals surface area contributed by atoms with Crippen LogP contribution in [0.5, 0.6) is 11.6 Å². The number of nitrogens with one attached hydrogen (secondary N) is 1. The van der Waals surface area contributed by atoms with Crippen LogP contribution in [0.25, 0.3) is 0 Å².